The number of nitrogens with zero attached hydrogens (tertiary/aromatic N) is 3. The fraction of sp³-hybridized carbons (Fsp3) is 0.688. The molecule has 1 fully saturated rings. The number of amides is 2. The average molecular weight is 306 g/mol. The zero-order valence-corrected chi connectivity index (χ0v) is 13.9. The van der Waals surface area contributed by atoms with Gasteiger partial charge in [0.15, 0.2) is 0 Å². The van der Waals surface area contributed by atoms with E-state index in [1.807, 2.05) is 23.4 Å². The number of carbonyl (C=O) groups is 2. The topological polar surface area (TPSA) is 67.2 Å². The molecule has 1 saturated heterocycles. The largest absolute Gasteiger partial charge is 0.345 e. The molecule has 2 amide bonds. The second kappa shape index (κ2) is 6.94. The normalized spacial score (nSPS) is 19.8. The van der Waals surface area contributed by atoms with Crippen LogP contribution in [0.25, 0.3) is 0 Å². The summed E-state index contributed by atoms with van der Waals surface area (Å²) in [6, 6.07) is 1.73. The number of aromatic nitrogens is 2. The molecule has 122 valence electrons. The molecule has 1 aromatic rings. The lowest BCUT2D eigenvalue weighted by Gasteiger charge is -2.37. The maximum atomic E-state index is 12.6. The zero-order chi connectivity index (χ0) is 16.3. The van der Waals surface area contributed by atoms with Crippen LogP contribution in [0, 0.1) is 13.8 Å². The Balaban J connectivity index is 2.09. The molecule has 0 aromatic carbocycles. The summed E-state index contributed by atoms with van der Waals surface area (Å²) in [5, 5.41) is 7.19. The Kier molecular flexibility index (Phi) is 5.21. The van der Waals surface area contributed by atoms with Crippen molar-refractivity contribution < 1.29 is 9.59 Å². The van der Waals surface area contributed by atoms with E-state index in [0.717, 1.165) is 43.7 Å². The average Bonchev–Trinajstić information content (AvgIpc) is 2.76. The van der Waals surface area contributed by atoms with Crippen LogP contribution in [0.2, 0.25) is 0 Å². The Morgan fingerprint density at radius 2 is 2.14 bits per heavy atom. The molecule has 1 aliphatic heterocycles. The van der Waals surface area contributed by atoms with Gasteiger partial charge in [0.1, 0.15) is 6.04 Å². The molecule has 0 radical (unpaired) electrons. The van der Waals surface area contributed by atoms with Gasteiger partial charge in [-0.1, -0.05) is 0 Å². The van der Waals surface area contributed by atoms with E-state index >= 15 is 0 Å². The number of hydrogen-bond donors (Lipinski definition) is 1. The van der Waals surface area contributed by atoms with E-state index in [2.05, 4.69) is 16.5 Å². The third-order valence-electron chi connectivity index (χ3n) is 4.19. The fourth-order valence-electron chi connectivity index (χ4n) is 3.16. The van der Waals surface area contributed by atoms with Crippen LogP contribution in [-0.4, -0.2) is 45.1 Å². The fourth-order valence-corrected chi connectivity index (χ4v) is 3.16. The molecule has 0 spiro atoms. The molecule has 6 nitrogen and oxygen atoms in total. The minimum Gasteiger partial charge on any atom is -0.345 e. The number of hydrogen-bond acceptors (Lipinski definition) is 3. The number of piperidine rings is 1. The summed E-state index contributed by atoms with van der Waals surface area (Å²) in [6.45, 7) is 8.68. The highest BCUT2D eigenvalue weighted by molar-refractivity contribution is 5.86. The van der Waals surface area contributed by atoms with Gasteiger partial charge in [0.05, 0.1) is 18.3 Å². The van der Waals surface area contributed by atoms with Crippen molar-refractivity contribution in [3.05, 3.63) is 17.5 Å². The SMILES string of the molecule is CC(=O)N[C@H](C)C(=O)N1CCCC[C@@H]1Cn1nc(C)cc1C. The summed E-state index contributed by atoms with van der Waals surface area (Å²) >= 11 is 0. The molecule has 0 aliphatic carbocycles. The minimum absolute atomic E-state index is 0.00133. The summed E-state index contributed by atoms with van der Waals surface area (Å²) in [4.78, 5) is 25.7. The number of aryl methyl sites for hydroxylation is 2. The Hall–Kier alpha value is -1.85. The summed E-state index contributed by atoms with van der Waals surface area (Å²) < 4.78 is 1.98. The second-order valence-electron chi connectivity index (χ2n) is 6.21. The first-order chi connectivity index (χ1) is 10.4. The number of carbonyl (C=O) groups excluding carboxylic acids is 2. The van der Waals surface area contributed by atoms with E-state index in [9.17, 15) is 9.59 Å². The van der Waals surface area contributed by atoms with E-state index in [1.165, 1.54) is 6.92 Å². The summed E-state index contributed by atoms with van der Waals surface area (Å²) in [7, 11) is 0. The van der Waals surface area contributed by atoms with Crippen molar-refractivity contribution in [2.75, 3.05) is 6.54 Å². The summed E-state index contributed by atoms with van der Waals surface area (Å²) in [5.41, 5.74) is 2.11. The first kappa shape index (κ1) is 16.5. The van der Waals surface area contributed by atoms with Crippen molar-refractivity contribution >= 4 is 11.8 Å². The van der Waals surface area contributed by atoms with Gasteiger partial charge in [0, 0.05) is 19.2 Å². The number of rotatable bonds is 4. The molecule has 2 rings (SSSR count). The monoisotopic (exact) mass is 306 g/mol. The lowest BCUT2D eigenvalue weighted by molar-refractivity contribution is -0.139. The first-order valence-electron chi connectivity index (χ1n) is 7.97. The lowest BCUT2D eigenvalue weighted by atomic mass is 10.0. The zero-order valence-electron chi connectivity index (χ0n) is 13.9. The highest BCUT2D eigenvalue weighted by Crippen LogP contribution is 2.20. The highest BCUT2D eigenvalue weighted by atomic mass is 16.2. The van der Waals surface area contributed by atoms with Crippen LogP contribution in [-0.2, 0) is 16.1 Å². The van der Waals surface area contributed by atoms with E-state index in [0.29, 0.717) is 0 Å². The lowest BCUT2D eigenvalue weighted by Crippen LogP contribution is -2.53. The van der Waals surface area contributed by atoms with Crippen molar-refractivity contribution in [1.82, 2.24) is 20.0 Å². The van der Waals surface area contributed by atoms with Gasteiger partial charge < -0.3 is 10.2 Å². The second-order valence-corrected chi connectivity index (χ2v) is 6.21. The molecule has 22 heavy (non-hydrogen) atoms. The van der Waals surface area contributed by atoms with E-state index < -0.39 is 6.04 Å². The molecule has 1 aliphatic rings. The van der Waals surface area contributed by atoms with E-state index in [4.69, 9.17) is 0 Å². The third kappa shape index (κ3) is 3.87. The van der Waals surface area contributed by atoms with Gasteiger partial charge in [-0.15, -0.1) is 0 Å². The summed E-state index contributed by atoms with van der Waals surface area (Å²) in [5.74, 6) is -0.172. The number of likely N-dealkylation sites (tertiary alicyclic amines) is 1. The van der Waals surface area contributed by atoms with E-state index in [-0.39, 0.29) is 17.9 Å². The van der Waals surface area contributed by atoms with Gasteiger partial charge in [-0.2, -0.15) is 5.10 Å². The third-order valence-corrected chi connectivity index (χ3v) is 4.19. The maximum absolute atomic E-state index is 12.6. The van der Waals surface area contributed by atoms with Crippen LogP contribution >= 0.6 is 0 Å². The minimum atomic E-state index is -0.474. The molecule has 2 atom stereocenters. The maximum Gasteiger partial charge on any atom is 0.245 e. The van der Waals surface area contributed by atoms with Gasteiger partial charge in [-0.3, -0.25) is 14.3 Å². The number of nitrogens with one attached hydrogen (secondary N) is 1. The van der Waals surface area contributed by atoms with Crippen molar-refractivity contribution in [2.45, 2.75) is 65.6 Å². The Labute approximate surface area is 131 Å². The quantitative estimate of drug-likeness (QED) is 0.914. The molecule has 1 aromatic heterocycles. The Bertz CT molecular complexity index is 552. The predicted molar refractivity (Wildman–Crippen MR) is 84.3 cm³/mol. The standard InChI is InChI=1S/C16H26N4O2/c1-11-9-12(2)20(18-11)10-15-7-5-6-8-19(15)16(22)13(3)17-14(4)21/h9,13,15H,5-8,10H2,1-4H3,(H,17,21)/t13-,15-/m1/s1. The smallest absolute Gasteiger partial charge is 0.245 e. The molecule has 0 bridgehead atoms. The van der Waals surface area contributed by atoms with Crippen LogP contribution in [0.5, 0.6) is 0 Å². The molecular formula is C16H26N4O2. The first-order valence-corrected chi connectivity index (χ1v) is 7.97. The van der Waals surface area contributed by atoms with Gasteiger partial charge in [0.2, 0.25) is 11.8 Å². The van der Waals surface area contributed by atoms with Gasteiger partial charge in [-0.25, -0.2) is 0 Å². The Morgan fingerprint density at radius 3 is 2.73 bits per heavy atom. The van der Waals surface area contributed by atoms with Gasteiger partial charge in [0.25, 0.3) is 0 Å². The predicted octanol–water partition coefficient (Wildman–Crippen LogP) is 1.41. The van der Waals surface area contributed by atoms with Gasteiger partial charge >= 0.3 is 0 Å². The Morgan fingerprint density at radius 1 is 1.41 bits per heavy atom. The van der Waals surface area contributed by atoms with Crippen molar-refractivity contribution in [2.24, 2.45) is 0 Å². The van der Waals surface area contributed by atoms with Crippen molar-refractivity contribution in [3.63, 3.8) is 0 Å². The molecular weight excluding hydrogens is 280 g/mol. The van der Waals surface area contributed by atoms with Crippen molar-refractivity contribution in [1.29, 1.82) is 0 Å². The van der Waals surface area contributed by atoms with Crippen LogP contribution in [0.15, 0.2) is 6.07 Å². The van der Waals surface area contributed by atoms with Crippen LogP contribution in [0.1, 0.15) is 44.5 Å². The highest BCUT2D eigenvalue weighted by Gasteiger charge is 2.30. The van der Waals surface area contributed by atoms with Crippen molar-refractivity contribution in [3.8, 4) is 0 Å². The van der Waals surface area contributed by atoms with Crippen LogP contribution in [0.3, 0.4) is 0 Å². The molecule has 0 saturated carbocycles. The van der Waals surface area contributed by atoms with Gasteiger partial charge in [-0.05, 0) is 46.1 Å². The van der Waals surface area contributed by atoms with Crippen LogP contribution < -0.4 is 5.32 Å². The summed E-state index contributed by atoms with van der Waals surface area (Å²) in [6.07, 6.45) is 3.13. The van der Waals surface area contributed by atoms with Crippen LogP contribution in [0.4, 0.5) is 0 Å². The molecule has 1 N–H and O–H groups in total. The molecule has 6 heteroatoms. The van der Waals surface area contributed by atoms with E-state index in [1.54, 1.807) is 6.92 Å². The molecule has 2 heterocycles. The molecule has 0 unspecified atom stereocenters.